The van der Waals surface area contributed by atoms with Gasteiger partial charge in [-0.15, -0.1) is 0 Å². The summed E-state index contributed by atoms with van der Waals surface area (Å²) in [4.78, 5) is 39.2. The lowest BCUT2D eigenvalue weighted by atomic mass is 9.88. The van der Waals surface area contributed by atoms with Gasteiger partial charge in [0.05, 0.1) is 6.10 Å². The van der Waals surface area contributed by atoms with E-state index in [0.717, 1.165) is 41.2 Å². The summed E-state index contributed by atoms with van der Waals surface area (Å²) in [5.41, 5.74) is 0.972. The number of Topliss-reactive ketones (excluding diaryl/α,β-unsaturated/α-hetero) is 3. The van der Waals surface area contributed by atoms with Gasteiger partial charge in [-0.2, -0.15) is 5.06 Å². The van der Waals surface area contributed by atoms with E-state index in [9.17, 15) is 14.4 Å². The number of ether oxygens (including phenoxy) is 2. The van der Waals surface area contributed by atoms with Crippen molar-refractivity contribution in [2.45, 2.75) is 246 Å². The molecule has 9 nitrogen and oxygen atoms in total. The molecular formula is C62H132N2O7S. The number of hydroxylamine groups is 3. The number of ketones is 3. The SMILES string of the molecule is CC(C)C(=O)C(=O)C(C)C.CC(C)C(=O)C(C)C.CC(C)C(=S)C(C)C.CC(C)C(C)C(C)C.CC(C)C(C)C(C)C.CC(C)ON(C)C(C)C.COC(OC)(C(C)C)C(C)C.[CH2-]C(C)/C(C(C)C)=[N+](/C)O. The third-order valence-electron chi connectivity index (χ3n) is 12.6. The molecule has 1 atom stereocenters. The summed E-state index contributed by atoms with van der Waals surface area (Å²) in [5.74, 6) is 7.06. The van der Waals surface area contributed by atoms with Gasteiger partial charge in [-0.3, -0.25) is 24.4 Å². The number of hydrogen-bond acceptors (Lipinski definition) is 9. The summed E-state index contributed by atoms with van der Waals surface area (Å²) in [5, 5.41) is 11.0. The first-order valence-corrected chi connectivity index (χ1v) is 28.4. The van der Waals surface area contributed by atoms with Gasteiger partial charge in [0, 0.05) is 68.7 Å². The van der Waals surface area contributed by atoms with Gasteiger partial charge in [0.1, 0.15) is 5.78 Å². The zero-order valence-electron chi connectivity index (χ0n) is 55.3. The summed E-state index contributed by atoms with van der Waals surface area (Å²) < 4.78 is 11.9. The summed E-state index contributed by atoms with van der Waals surface area (Å²) in [6, 6.07) is 0.465. The average Bonchev–Trinajstić information content (AvgIpc) is 3.22. The molecule has 0 fully saturated rings. The smallest absolute Gasteiger partial charge is 0.201 e. The molecule has 0 heterocycles. The maximum absolute atomic E-state index is 10.9. The summed E-state index contributed by atoms with van der Waals surface area (Å²) in [6.07, 6.45) is 0.289. The molecule has 0 radical (unpaired) electrons. The van der Waals surface area contributed by atoms with Crippen LogP contribution in [0.2, 0.25) is 0 Å². The monoisotopic (exact) mass is 1050 g/mol. The third kappa shape index (κ3) is 48.1. The molecule has 0 saturated heterocycles. The fourth-order valence-electron chi connectivity index (χ4n) is 6.85. The van der Waals surface area contributed by atoms with Crippen molar-refractivity contribution >= 4 is 40.1 Å². The van der Waals surface area contributed by atoms with Crippen molar-refractivity contribution in [3.8, 4) is 0 Å². The van der Waals surface area contributed by atoms with Gasteiger partial charge in [-0.1, -0.05) is 219 Å². The van der Waals surface area contributed by atoms with Crippen LogP contribution >= 0.6 is 12.2 Å². The standard InChI is InChI=1S/C9H20O2.C8H17NO.C8H14O2.2C8H18.C7H17NO.C7H14O.C7H14S/c1-7(2)9(10-5,11-6)8(3)4;1-6(2)8(7(3)4)9(5)10;1-5(2)7(9)8(10)6(3)4;2*1-6(2)8(5)7(3)4;1-6(2)8(5)9-7(3)4;2*1-5(2)7(8)6(3)4/h7-8H,1-6H3;6-7,10H,1H2,2-5H3;5-6H,1-4H3;2*6-8H,1-5H3;6-7H,1-5H3;2*5-6H,1-4H3/b;9-8+;;;;;;. The first-order chi connectivity index (χ1) is 32.2. The van der Waals surface area contributed by atoms with E-state index in [1.165, 1.54) is 9.60 Å². The Morgan fingerprint density at radius 3 is 0.778 bits per heavy atom. The quantitative estimate of drug-likeness (QED) is 0.0186. The van der Waals surface area contributed by atoms with E-state index in [1.54, 1.807) is 49.0 Å². The highest BCUT2D eigenvalue weighted by molar-refractivity contribution is 7.80. The lowest BCUT2D eigenvalue weighted by molar-refractivity contribution is -0.757. The Labute approximate surface area is 458 Å². The molecule has 10 heteroatoms. The lowest BCUT2D eigenvalue weighted by Gasteiger charge is -2.38. The van der Waals surface area contributed by atoms with E-state index in [4.69, 9.17) is 31.7 Å². The number of hydrogen-bond donors (Lipinski definition) is 1. The van der Waals surface area contributed by atoms with Crippen LogP contribution in [-0.2, 0) is 28.7 Å². The summed E-state index contributed by atoms with van der Waals surface area (Å²) in [6.45, 7) is 72.7. The maximum atomic E-state index is 10.9. The molecule has 0 aromatic carbocycles. The molecule has 0 aliphatic carbocycles. The average molecular weight is 1050 g/mol. The molecule has 438 valence electrons. The van der Waals surface area contributed by atoms with Crippen LogP contribution in [0.5, 0.6) is 0 Å². The minimum atomic E-state index is -0.417. The number of nitrogens with zero attached hydrogens (tertiary/aromatic N) is 2. The van der Waals surface area contributed by atoms with Crippen LogP contribution in [0.15, 0.2) is 0 Å². The maximum Gasteiger partial charge on any atom is 0.201 e. The van der Waals surface area contributed by atoms with Gasteiger partial charge in [0.25, 0.3) is 0 Å². The van der Waals surface area contributed by atoms with Gasteiger partial charge in [-0.25, -0.2) is 0 Å². The number of methoxy groups -OCH3 is 2. The molecule has 0 bridgehead atoms. The lowest BCUT2D eigenvalue weighted by Crippen LogP contribution is -2.44. The fourth-order valence-corrected chi connectivity index (χ4v) is 6.85. The fraction of sp³-hybridized carbons (Fsp3) is 0.903. The predicted octanol–water partition coefficient (Wildman–Crippen LogP) is 17.4. The Bertz CT molecular complexity index is 1220. The topological polar surface area (TPSA) is 105 Å². The Morgan fingerprint density at radius 2 is 0.750 bits per heavy atom. The third-order valence-corrected chi connectivity index (χ3v) is 13.5. The Balaban J connectivity index is -0.000000109. The molecule has 0 rings (SSSR count). The number of rotatable bonds is 20. The first kappa shape index (κ1) is 87.1. The normalized spacial score (nSPS) is 12.4. The summed E-state index contributed by atoms with van der Waals surface area (Å²) >= 11 is 5.10. The molecule has 1 unspecified atom stereocenters. The van der Waals surface area contributed by atoms with Crippen molar-refractivity contribution in [1.29, 1.82) is 0 Å². The number of carbonyl (C=O) groups excluding carboxylic acids is 3. The van der Waals surface area contributed by atoms with E-state index < -0.39 is 5.79 Å². The largest absolute Gasteiger partial charge is 0.353 e. The second kappa shape index (κ2) is 47.8. The highest BCUT2D eigenvalue weighted by Gasteiger charge is 2.37. The van der Waals surface area contributed by atoms with Crippen LogP contribution in [0.1, 0.15) is 228 Å². The predicted molar refractivity (Wildman–Crippen MR) is 322 cm³/mol. The minimum Gasteiger partial charge on any atom is -0.353 e. The van der Waals surface area contributed by atoms with Crippen molar-refractivity contribution in [3.63, 3.8) is 0 Å². The zero-order chi connectivity index (χ0) is 60.1. The highest BCUT2D eigenvalue weighted by atomic mass is 32.1. The van der Waals surface area contributed by atoms with E-state index in [0.29, 0.717) is 41.4 Å². The van der Waals surface area contributed by atoms with Crippen molar-refractivity contribution in [1.82, 2.24) is 5.06 Å². The van der Waals surface area contributed by atoms with Crippen molar-refractivity contribution in [2.75, 3.05) is 28.3 Å². The molecule has 0 aromatic heterocycles. The van der Waals surface area contributed by atoms with Gasteiger partial charge >= 0.3 is 0 Å². The second-order valence-corrected chi connectivity index (χ2v) is 24.9. The molecule has 72 heavy (non-hydrogen) atoms. The molecular weight excluding hydrogens is 917 g/mol. The Hall–Kier alpha value is -1.59. The van der Waals surface area contributed by atoms with Crippen LogP contribution < -0.4 is 0 Å². The van der Waals surface area contributed by atoms with E-state index >= 15 is 0 Å². The second-order valence-electron chi connectivity index (χ2n) is 24.4. The van der Waals surface area contributed by atoms with Gasteiger partial charge in [0.15, 0.2) is 18.5 Å². The van der Waals surface area contributed by atoms with Crippen molar-refractivity contribution in [3.05, 3.63) is 6.92 Å². The molecule has 0 saturated carbocycles. The highest BCUT2D eigenvalue weighted by Crippen LogP contribution is 2.30. The van der Waals surface area contributed by atoms with Crippen LogP contribution in [0.4, 0.5) is 0 Å². The molecule has 0 aliphatic rings. The van der Waals surface area contributed by atoms with Crippen LogP contribution in [0.3, 0.4) is 0 Å². The van der Waals surface area contributed by atoms with Crippen LogP contribution in [0, 0.1) is 102 Å². The van der Waals surface area contributed by atoms with Crippen molar-refractivity contribution < 1.29 is 38.6 Å². The Morgan fingerprint density at radius 1 is 0.486 bits per heavy atom. The summed E-state index contributed by atoms with van der Waals surface area (Å²) in [7, 11) is 6.98. The molecule has 0 spiro atoms. The van der Waals surface area contributed by atoms with E-state index in [-0.39, 0.29) is 47.3 Å². The first-order valence-electron chi connectivity index (χ1n) is 28.0. The Kier molecular flexibility index (Phi) is 57.9. The molecule has 1 N–H and O–H groups in total. The zero-order valence-corrected chi connectivity index (χ0v) is 56.1. The van der Waals surface area contributed by atoms with Crippen LogP contribution in [0.25, 0.3) is 0 Å². The minimum absolute atomic E-state index is 0.157. The molecule has 0 amide bonds. The van der Waals surface area contributed by atoms with Crippen LogP contribution in [-0.4, -0.2) is 89.2 Å². The van der Waals surface area contributed by atoms with Gasteiger partial charge in [-0.05, 0) is 84.6 Å². The number of carbonyl (C=O) groups is 3. The number of thiocarbonyl (C=S) groups is 1. The molecule has 0 aliphatic heterocycles. The van der Waals surface area contributed by atoms with Gasteiger partial charge < -0.3 is 16.4 Å². The van der Waals surface area contributed by atoms with E-state index in [1.807, 2.05) is 74.4 Å². The van der Waals surface area contributed by atoms with E-state index in [2.05, 4.69) is 145 Å². The van der Waals surface area contributed by atoms with Gasteiger partial charge in [0.2, 0.25) is 11.6 Å². The van der Waals surface area contributed by atoms with Crippen molar-refractivity contribution in [2.24, 2.45) is 94.7 Å². The molecule has 0 aromatic rings.